The molecular formula is C23H18N2. The predicted molar refractivity (Wildman–Crippen MR) is 103 cm³/mol. The summed E-state index contributed by atoms with van der Waals surface area (Å²) >= 11 is 0. The third-order valence-electron chi connectivity index (χ3n) is 3.82. The zero-order chi connectivity index (χ0) is 17.5. The van der Waals surface area contributed by atoms with E-state index in [-0.39, 0.29) is 0 Å². The topological polar surface area (TPSA) is 36.1 Å². The molecule has 3 aromatic rings. The quantitative estimate of drug-likeness (QED) is 0.468. The van der Waals surface area contributed by atoms with E-state index in [1.54, 1.807) is 0 Å². The molecule has 0 aliphatic carbocycles. The summed E-state index contributed by atoms with van der Waals surface area (Å²) in [5.74, 6) is 0. The summed E-state index contributed by atoms with van der Waals surface area (Å²) < 4.78 is 0. The van der Waals surface area contributed by atoms with Gasteiger partial charge < -0.3 is 0 Å². The SMILES string of the molecule is Cc1ccc(C=C(C#N)N=C(c2ccccc2)c2ccccc2)cc1. The van der Waals surface area contributed by atoms with Crippen LogP contribution in [0.25, 0.3) is 6.08 Å². The second kappa shape index (κ2) is 7.90. The lowest BCUT2D eigenvalue weighted by Crippen LogP contribution is -2.03. The lowest BCUT2D eigenvalue weighted by atomic mass is 10.0. The van der Waals surface area contributed by atoms with Crippen LogP contribution in [0.4, 0.5) is 0 Å². The van der Waals surface area contributed by atoms with Crippen LogP contribution in [0.3, 0.4) is 0 Å². The zero-order valence-electron chi connectivity index (χ0n) is 14.1. The Labute approximate surface area is 148 Å². The Morgan fingerprint density at radius 1 is 0.800 bits per heavy atom. The summed E-state index contributed by atoms with van der Waals surface area (Å²) in [4.78, 5) is 4.67. The molecule has 0 fully saturated rings. The van der Waals surface area contributed by atoms with Gasteiger partial charge in [0, 0.05) is 11.1 Å². The molecule has 3 aromatic carbocycles. The van der Waals surface area contributed by atoms with Crippen LogP contribution < -0.4 is 0 Å². The first-order chi connectivity index (χ1) is 12.3. The molecule has 0 atom stereocenters. The van der Waals surface area contributed by atoms with Gasteiger partial charge >= 0.3 is 0 Å². The van der Waals surface area contributed by atoms with Gasteiger partial charge in [-0.15, -0.1) is 0 Å². The molecule has 120 valence electrons. The maximum atomic E-state index is 9.56. The van der Waals surface area contributed by atoms with E-state index in [4.69, 9.17) is 0 Å². The van der Waals surface area contributed by atoms with Crippen LogP contribution in [-0.2, 0) is 0 Å². The molecule has 25 heavy (non-hydrogen) atoms. The van der Waals surface area contributed by atoms with Crippen molar-refractivity contribution in [3.05, 3.63) is 113 Å². The highest BCUT2D eigenvalue weighted by Crippen LogP contribution is 2.15. The molecule has 2 nitrogen and oxygen atoms in total. The molecule has 0 spiro atoms. The minimum Gasteiger partial charge on any atom is -0.236 e. The van der Waals surface area contributed by atoms with Gasteiger partial charge in [-0.2, -0.15) is 5.26 Å². The molecule has 0 saturated heterocycles. The van der Waals surface area contributed by atoms with Crippen molar-refractivity contribution in [3.63, 3.8) is 0 Å². The van der Waals surface area contributed by atoms with Crippen molar-refractivity contribution in [1.29, 1.82) is 5.26 Å². The maximum absolute atomic E-state index is 9.56. The number of nitrogens with zero attached hydrogens (tertiary/aromatic N) is 2. The Hall–Kier alpha value is -3.44. The molecule has 2 heteroatoms. The summed E-state index contributed by atoms with van der Waals surface area (Å²) in [7, 11) is 0. The van der Waals surface area contributed by atoms with Gasteiger partial charge in [-0.3, -0.25) is 0 Å². The van der Waals surface area contributed by atoms with E-state index in [0.29, 0.717) is 5.70 Å². The lowest BCUT2D eigenvalue weighted by Gasteiger charge is -2.07. The maximum Gasteiger partial charge on any atom is 0.141 e. The molecule has 0 radical (unpaired) electrons. The van der Waals surface area contributed by atoms with Crippen LogP contribution in [0.5, 0.6) is 0 Å². The molecule has 0 saturated carbocycles. The smallest absolute Gasteiger partial charge is 0.141 e. The average Bonchev–Trinajstić information content (AvgIpc) is 2.68. The van der Waals surface area contributed by atoms with E-state index < -0.39 is 0 Å². The Morgan fingerprint density at radius 2 is 1.32 bits per heavy atom. The summed E-state index contributed by atoms with van der Waals surface area (Å²) in [5, 5.41) is 9.56. The van der Waals surface area contributed by atoms with Gasteiger partial charge in [0.05, 0.1) is 5.71 Å². The molecule has 0 unspecified atom stereocenters. The third kappa shape index (κ3) is 4.31. The van der Waals surface area contributed by atoms with Crippen LogP contribution in [0.15, 0.2) is 95.6 Å². The van der Waals surface area contributed by atoms with Crippen LogP contribution in [0, 0.1) is 18.3 Å². The molecule has 3 rings (SSSR count). The van der Waals surface area contributed by atoms with Crippen molar-refractivity contribution in [2.75, 3.05) is 0 Å². The van der Waals surface area contributed by atoms with Crippen LogP contribution in [-0.4, -0.2) is 5.71 Å². The van der Waals surface area contributed by atoms with Crippen LogP contribution >= 0.6 is 0 Å². The normalized spacial score (nSPS) is 10.8. The largest absolute Gasteiger partial charge is 0.236 e. The van der Waals surface area contributed by atoms with Crippen molar-refractivity contribution < 1.29 is 0 Å². The number of hydrogen-bond acceptors (Lipinski definition) is 2. The summed E-state index contributed by atoms with van der Waals surface area (Å²) in [6.45, 7) is 2.04. The van der Waals surface area contributed by atoms with Gasteiger partial charge in [-0.1, -0.05) is 90.5 Å². The van der Waals surface area contributed by atoms with Crippen LogP contribution in [0.2, 0.25) is 0 Å². The van der Waals surface area contributed by atoms with Gasteiger partial charge in [-0.25, -0.2) is 4.99 Å². The van der Waals surface area contributed by atoms with Crippen molar-refractivity contribution in [2.24, 2.45) is 4.99 Å². The van der Waals surface area contributed by atoms with Gasteiger partial charge in [0.15, 0.2) is 0 Å². The second-order valence-electron chi connectivity index (χ2n) is 5.74. The average molecular weight is 322 g/mol. The first-order valence-corrected chi connectivity index (χ1v) is 8.14. The van der Waals surface area contributed by atoms with E-state index in [9.17, 15) is 5.26 Å². The number of benzene rings is 3. The van der Waals surface area contributed by atoms with Crippen molar-refractivity contribution in [2.45, 2.75) is 6.92 Å². The molecule has 0 bridgehead atoms. The highest BCUT2D eigenvalue weighted by molar-refractivity contribution is 6.13. The molecule has 0 aliphatic rings. The van der Waals surface area contributed by atoms with E-state index >= 15 is 0 Å². The Balaban J connectivity index is 2.08. The molecule has 0 amide bonds. The first-order valence-electron chi connectivity index (χ1n) is 8.14. The minimum absolute atomic E-state index is 0.381. The minimum atomic E-state index is 0.381. The highest BCUT2D eigenvalue weighted by Gasteiger charge is 2.07. The lowest BCUT2D eigenvalue weighted by molar-refractivity contribution is 1.38. The van der Waals surface area contributed by atoms with E-state index in [1.807, 2.05) is 97.9 Å². The van der Waals surface area contributed by atoms with Gasteiger partial charge in [0.2, 0.25) is 0 Å². The van der Waals surface area contributed by atoms with Crippen molar-refractivity contribution in [1.82, 2.24) is 0 Å². The summed E-state index contributed by atoms with van der Waals surface area (Å²) in [6.07, 6.45) is 1.81. The molecule has 0 N–H and O–H groups in total. The predicted octanol–water partition coefficient (Wildman–Crippen LogP) is 5.40. The monoisotopic (exact) mass is 322 g/mol. The number of aryl methyl sites for hydroxylation is 1. The van der Waals surface area contributed by atoms with Gasteiger partial charge in [0.25, 0.3) is 0 Å². The number of hydrogen-bond donors (Lipinski definition) is 0. The highest BCUT2D eigenvalue weighted by atomic mass is 14.8. The van der Waals surface area contributed by atoms with E-state index in [0.717, 1.165) is 22.4 Å². The fraction of sp³-hybridized carbons (Fsp3) is 0.0435. The second-order valence-corrected chi connectivity index (χ2v) is 5.74. The Morgan fingerprint density at radius 3 is 1.80 bits per heavy atom. The fourth-order valence-electron chi connectivity index (χ4n) is 2.52. The summed E-state index contributed by atoms with van der Waals surface area (Å²) in [6, 6.07) is 30.1. The van der Waals surface area contributed by atoms with Gasteiger partial charge in [-0.05, 0) is 18.6 Å². The molecular weight excluding hydrogens is 304 g/mol. The number of aliphatic imine (C=N–C) groups is 1. The van der Waals surface area contributed by atoms with E-state index in [2.05, 4.69) is 11.1 Å². The zero-order valence-corrected chi connectivity index (χ0v) is 14.1. The van der Waals surface area contributed by atoms with Crippen LogP contribution in [0.1, 0.15) is 22.3 Å². The van der Waals surface area contributed by atoms with Gasteiger partial charge in [0.1, 0.15) is 11.8 Å². The number of allylic oxidation sites excluding steroid dienone is 1. The van der Waals surface area contributed by atoms with Crippen molar-refractivity contribution in [3.8, 4) is 6.07 Å². The Bertz CT molecular complexity index is 887. The standard InChI is InChI=1S/C23H18N2/c1-18-12-14-19(15-13-18)16-22(17-24)25-23(20-8-4-2-5-9-20)21-10-6-3-7-11-21/h2-16H,1H3. The molecule has 0 heterocycles. The number of nitriles is 1. The van der Waals surface area contributed by atoms with Crippen molar-refractivity contribution >= 4 is 11.8 Å². The molecule has 0 aliphatic heterocycles. The summed E-state index contributed by atoms with van der Waals surface area (Å²) in [5.41, 5.74) is 5.30. The molecule has 0 aromatic heterocycles. The van der Waals surface area contributed by atoms with E-state index in [1.165, 1.54) is 5.56 Å². The fourth-order valence-corrected chi connectivity index (χ4v) is 2.52. The number of rotatable bonds is 4. The Kier molecular flexibility index (Phi) is 5.19. The third-order valence-corrected chi connectivity index (χ3v) is 3.82. The first kappa shape index (κ1) is 16.4.